The third-order valence-electron chi connectivity index (χ3n) is 5.32. The van der Waals surface area contributed by atoms with Crippen LogP contribution in [0.4, 0.5) is 0 Å². The maximum Gasteiger partial charge on any atom is 0.252 e. The molecular weight excluding hydrogens is 408 g/mol. The Morgan fingerprint density at radius 1 is 1.28 bits per heavy atom. The van der Waals surface area contributed by atoms with Gasteiger partial charge in [0, 0.05) is 26.2 Å². The quantitative estimate of drug-likeness (QED) is 0.649. The highest BCUT2D eigenvalue weighted by Crippen LogP contribution is 2.26. The summed E-state index contributed by atoms with van der Waals surface area (Å²) in [5.74, 6) is 0.503. The summed E-state index contributed by atoms with van der Waals surface area (Å²) in [6.07, 6.45) is 1.39. The summed E-state index contributed by atoms with van der Waals surface area (Å²) in [7, 11) is -3.51. The summed E-state index contributed by atoms with van der Waals surface area (Å²) >= 11 is 1.21. The minimum Gasteiger partial charge on any atom is -0.354 e. The molecule has 7 nitrogen and oxygen atoms in total. The molecule has 1 aliphatic heterocycles. The van der Waals surface area contributed by atoms with Crippen LogP contribution in [0.25, 0.3) is 11.0 Å². The number of nitrogens with zero attached hydrogens (tertiary/aromatic N) is 3. The molecule has 2 aromatic heterocycles. The van der Waals surface area contributed by atoms with Crippen LogP contribution in [0.15, 0.2) is 46.0 Å². The molecule has 9 heteroatoms. The van der Waals surface area contributed by atoms with Crippen molar-refractivity contribution in [3.8, 4) is 0 Å². The molecule has 0 aliphatic carbocycles. The van der Waals surface area contributed by atoms with Gasteiger partial charge in [-0.05, 0) is 43.3 Å². The van der Waals surface area contributed by atoms with Gasteiger partial charge in [-0.1, -0.05) is 18.2 Å². The average molecular weight is 433 g/mol. The van der Waals surface area contributed by atoms with E-state index in [0.717, 1.165) is 16.9 Å². The van der Waals surface area contributed by atoms with E-state index in [1.165, 1.54) is 15.6 Å². The van der Waals surface area contributed by atoms with Crippen molar-refractivity contribution in [2.45, 2.75) is 30.5 Å². The minimum atomic E-state index is -3.51. The zero-order valence-electron chi connectivity index (χ0n) is 16.2. The number of carbonyl (C=O) groups excluding carboxylic acids is 1. The molecule has 0 bridgehead atoms. The van der Waals surface area contributed by atoms with E-state index in [-0.39, 0.29) is 18.4 Å². The lowest BCUT2D eigenvalue weighted by Crippen LogP contribution is -2.45. The van der Waals surface area contributed by atoms with Crippen LogP contribution < -0.4 is 5.32 Å². The van der Waals surface area contributed by atoms with Crippen molar-refractivity contribution >= 4 is 38.3 Å². The Kier molecular flexibility index (Phi) is 5.71. The average Bonchev–Trinajstić information content (AvgIpc) is 3.37. The van der Waals surface area contributed by atoms with Crippen LogP contribution in [0.1, 0.15) is 18.7 Å². The Morgan fingerprint density at radius 2 is 2.10 bits per heavy atom. The number of para-hydroxylation sites is 2. The standard InChI is InChI=1S/C20H24N4O3S2/c1-15-22-17-7-2-3-8-18(17)24(15)12-10-21-20(25)16-6-4-11-23(14-16)29(26,27)19-9-5-13-28-19/h2-3,5,7-9,13,16H,4,6,10-12,14H2,1H3,(H,21,25). The molecule has 154 valence electrons. The van der Waals surface area contributed by atoms with Crippen LogP contribution in [0, 0.1) is 12.8 Å². The largest absolute Gasteiger partial charge is 0.354 e. The second-order valence-corrected chi connectivity index (χ2v) is 10.3. The van der Waals surface area contributed by atoms with Crippen molar-refractivity contribution in [3.05, 3.63) is 47.6 Å². The van der Waals surface area contributed by atoms with Crippen molar-refractivity contribution < 1.29 is 13.2 Å². The number of benzene rings is 1. The van der Waals surface area contributed by atoms with E-state index < -0.39 is 10.0 Å². The number of hydrogen-bond acceptors (Lipinski definition) is 5. The van der Waals surface area contributed by atoms with Crippen molar-refractivity contribution in [2.24, 2.45) is 5.92 Å². The van der Waals surface area contributed by atoms with Crippen LogP contribution in [0.2, 0.25) is 0 Å². The number of carbonyl (C=O) groups is 1. The topological polar surface area (TPSA) is 84.3 Å². The van der Waals surface area contributed by atoms with Gasteiger partial charge in [0.2, 0.25) is 5.91 Å². The first-order valence-electron chi connectivity index (χ1n) is 9.70. The number of thiophene rings is 1. The van der Waals surface area contributed by atoms with Crippen molar-refractivity contribution in [3.63, 3.8) is 0 Å². The molecule has 1 aromatic carbocycles. The Balaban J connectivity index is 1.37. The first kappa shape index (κ1) is 20.1. The second-order valence-electron chi connectivity index (χ2n) is 7.22. The number of aryl methyl sites for hydroxylation is 1. The van der Waals surface area contributed by atoms with Gasteiger partial charge in [-0.15, -0.1) is 11.3 Å². The predicted molar refractivity (Wildman–Crippen MR) is 113 cm³/mol. The van der Waals surface area contributed by atoms with Crippen molar-refractivity contribution in [2.75, 3.05) is 19.6 Å². The maximum absolute atomic E-state index is 12.7. The number of sulfonamides is 1. The Morgan fingerprint density at radius 3 is 2.90 bits per heavy atom. The summed E-state index contributed by atoms with van der Waals surface area (Å²) in [6.45, 7) is 3.76. The van der Waals surface area contributed by atoms with Gasteiger partial charge in [-0.2, -0.15) is 4.31 Å². The number of piperidine rings is 1. The zero-order chi connectivity index (χ0) is 20.4. The van der Waals surface area contributed by atoms with Gasteiger partial charge in [0.05, 0.1) is 17.0 Å². The minimum absolute atomic E-state index is 0.0850. The Bertz CT molecular complexity index is 1110. The van der Waals surface area contributed by atoms with Crippen LogP contribution in [-0.2, 0) is 21.4 Å². The molecule has 0 spiro atoms. The number of amides is 1. The Hall–Kier alpha value is -2.23. The van der Waals surface area contributed by atoms with E-state index >= 15 is 0 Å². The highest BCUT2D eigenvalue weighted by atomic mass is 32.2. The number of hydrogen-bond donors (Lipinski definition) is 1. The highest BCUT2D eigenvalue weighted by Gasteiger charge is 2.33. The summed E-state index contributed by atoms with van der Waals surface area (Å²) in [5, 5.41) is 4.74. The fourth-order valence-electron chi connectivity index (χ4n) is 3.83. The lowest BCUT2D eigenvalue weighted by Gasteiger charge is -2.30. The molecule has 1 saturated heterocycles. The van der Waals surface area contributed by atoms with Crippen LogP contribution in [0.3, 0.4) is 0 Å². The van der Waals surface area contributed by atoms with Crippen molar-refractivity contribution in [1.82, 2.24) is 19.2 Å². The molecule has 3 aromatic rings. The molecule has 1 N–H and O–H groups in total. The predicted octanol–water partition coefficient (Wildman–Crippen LogP) is 2.62. The molecule has 3 heterocycles. The molecular formula is C20H24N4O3S2. The summed E-state index contributed by atoms with van der Waals surface area (Å²) in [4.78, 5) is 17.2. The van der Waals surface area contributed by atoms with Gasteiger partial charge in [0.1, 0.15) is 10.0 Å². The monoisotopic (exact) mass is 432 g/mol. The lowest BCUT2D eigenvalue weighted by atomic mass is 9.99. The van der Waals surface area contributed by atoms with Gasteiger partial charge >= 0.3 is 0 Å². The second kappa shape index (κ2) is 8.25. The molecule has 1 aliphatic rings. The van der Waals surface area contributed by atoms with E-state index in [4.69, 9.17) is 0 Å². The molecule has 0 saturated carbocycles. The van der Waals surface area contributed by atoms with E-state index in [0.29, 0.717) is 36.7 Å². The Labute approximate surface area is 174 Å². The first-order chi connectivity index (χ1) is 14.0. The van der Waals surface area contributed by atoms with Gasteiger partial charge in [-0.3, -0.25) is 4.79 Å². The third-order valence-corrected chi connectivity index (χ3v) is 8.56. The van der Waals surface area contributed by atoms with Crippen LogP contribution in [0.5, 0.6) is 0 Å². The number of imidazole rings is 1. The smallest absolute Gasteiger partial charge is 0.252 e. The fraction of sp³-hybridized carbons (Fsp3) is 0.400. The van der Waals surface area contributed by atoms with Crippen LogP contribution in [-0.4, -0.2) is 47.8 Å². The molecule has 4 rings (SSSR count). The normalized spacial score (nSPS) is 18.2. The molecule has 1 atom stereocenters. The highest BCUT2D eigenvalue weighted by molar-refractivity contribution is 7.91. The van der Waals surface area contributed by atoms with E-state index in [9.17, 15) is 13.2 Å². The molecule has 1 unspecified atom stereocenters. The SMILES string of the molecule is Cc1nc2ccccc2n1CCNC(=O)C1CCCN(S(=O)(=O)c2cccs2)C1. The van der Waals surface area contributed by atoms with Gasteiger partial charge < -0.3 is 9.88 Å². The van der Waals surface area contributed by atoms with Crippen molar-refractivity contribution in [1.29, 1.82) is 0 Å². The number of fused-ring (bicyclic) bond motifs is 1. The number of rotatable bonds is 6. The summed E-state index contributed by atoms with van der Waals surface area (Å²) in [6, 6.07) is 11.3. The van der Waals surface area contributed by atoms with Gasteiger partial charge in [0.15, 0.2) is 0 Å². The van der Waals surface area contributed by atoms with Crippen LogP contribution >= 0.6 is 11.3 Å². The summed E-state index contributed by atoms with van der Waals surface area (Å²) < 4.78 is 29.4. The molecule has 1 fully saturated rings. The van der Waals surface area contributed by atoms with Gasteiger partial charge in [0.25, 0.3) is 10.0 Å². The molecule has 29 heavy (non-hydrogen) atoms. The third kappa shape index (κ3) is 4.08. The lowest BCUT2D eigenvalue weighted by molar-refractivity contribution is -0.126. The number of nitrogens with one attached hydrogen (secondary N) is 1. The molecule has 1 amide bonds. The maximum atomic E-state index is 12.7. The first-order valence-corrected chi connectivity index (χ1v) is 12.0. The molecule has 0 radical (unpaired) electrons. The van der Waals surface area contributed by atoms with E-state index in [2.05, 4.69) is 14.9 Å². The number of aromatic nitrogens is 2. The summed E-state index contributed by atoms with van der Waals surface area (Å²) in [5.41, 5.74) is 1.99. The van der Waals surface area contributed by atoms with Gasteiger partial charge in [-0.25, -0.2) is 13.4 Å². The van der Waals surface area contributed by atoms with E-state index in [1.807, 2.05) is 31.2 Å². The zero-order valence-corrected chi connectivity index (χ0v) is 17.9. The fourth-order valence-corrected chi connectivity index (χ4v) is 6.49. The van der Waals surface area contributed by atoms with E-state index in [1.54, 1.807) is 17.5 Å².